The van der Waals surface area contributed by atoms with Crippen LogP contribution in [-0.4, -0.2) is 28.3 Å². The lowest BCUT2D eigenvalue weighted by Crippen LogP contribution is -2.58. The van der Waals surface area contributed by atoms with E-state index in [1.54, 1.807) is 27.7 Å². The van der Waals surface area contributed by atoms with E-state index < -0.39 is 34.0 Å². The number of carboxylic acid groups (broad SMARTS) is 1. The Morgan fingerprint density at radius 2 is 1.60 bits per heavy atom. The molecule has 2 atom stereocenters. The van der Waals surface area contributed by atoms with Crippen molar-refractivity contribution in [2.45, 2.75) is 72.4 Å². The van der Waals surface area contributed by atoms with Gasteiger partial charge in [-0.15, -0.1) is 0 Å². The molecule has 1 aliphatic rings. The lowest BCUT2D eigenvalue weighted by Gasteiger charge is -2.45. The molecule has 0 heterocycles. The van der Waals surface area contributed by atoms with Crippen molar-refractivity contribution in [1.82, 2.24) is 5.32 Å². The van der Waals surface area contributed by atoms with Crippen molar-refractivity contribution in [3.8, 4) is 0 Å². The summed E-state index contributed by atoms with van der Waals surface area (Å²) in [5, 5.41) is 12.4. The van der Waals surface area contributed by atoms with Gasteiger partial charge in [-0.3, -0.25) is 4.79 Å². The summed E-state index contributed by atoms with van der Waals surface area (Å²) >= 11 is 0. The second kappa shape index (κ2) is 4.64. The van der Waals surface area contributed by atoms with Crippen LogP contribution in [0.25, 0.3) is 0 Å². The average molecular weight is 285 g/mol. The Labute approximate surface area is 121 Å². The fourth-order valence-electron chi connectivity index (χ4n) is 2.86. The second-order valence-electron chi connectivity index (χ2n) is 7.72. The van der Waals surface area contributed by atoms with Gasteiger partial charge in [-0.1, -0.05) is 13.8 Å². The number of aliphatic carboxylic acids is 1. The minimum absolute atomic E-state index is 0.497. The Hall–Kier alpha value is -1.26. The van der Waals surface area contributed by atoms with Crippen molar-refractivity contribution in [2.75, 3.05) is 0 Å². The number of hydrogen-bond donors (Lipinski definition) is 2. The monoisotopic (exact) mass is 285 g/mol. The van der Waals surface area contributed by atoms with E-state index in [0.29, 0.717) is 12.8 Å². The number of rotatable bonds is 2. The fourth-order valence-corrected chi connectivity index (χ4v) is 2.86. The van der Waals surface area contributed by atoms with Gasteiger partial charge in [0.05, 0.1) is 5.41 Å². The highest BCUT2D eigenvalue weighted by Crippen LogP contribution is 2.58. The van der Waals surface area contributed by atoms with E-state index in [1.165, 1.54) is 0 Å². The van der Waals surface area contributed by atoms with Crippen molar-refractivity contribution < 1.29 is 19.4 Å². The van der Waals surface area contributed by atoms with E-state index in [-0.39, 0.29) is 0 Å². The summed E-state index contributed by atoms with van der Waals surface area (Å²) in [6, 6.07) is 0. The lowest BCUT2D eigenvalue weighted by atomic mass is 9.63. The molecule has 1 saturated carbocycles. The minimum atomic E-state index is -0.864. The highest BCUT2D eigenvalue weighted by molar-refractivity contribution is 5.77. The zero-order chi connectivity index (χ0) is 16.0. The summed E-state index contributed by atoms with van der Waals surface area (Å²) in [6.45, 7) is 12.8. The molecule has 0 aromatic rings. The van der Waals surface area contributed by atoms with E-state index in [1.807, 2.05) is 20.8 Å². The third-order valence-electron chi connectivity index (χ3n) is 5.13. The molecule has 0 aromatic carbocycles. The Balaban J connectivity index is 2.96. The molecule has 2 N–H and O–H groups in total. The number of carbonyl (C=O) groups is 2. The largest absolute Gasteiger partial charge is 0.481 e. The van der Waals surface area contributed by atoms with Crippen molar-refractivity contribution in [3.63, 3.8) is 0 Å². The molecule has 5 nitrogen and oxygen atoms in total. The first kappa shape index (κ1) is 16.8. The van der Waals surface area contributed by atoms with Crippen LogP contribution in [0, 0.1) is 10.8 Å². The predicted octanol–water partition coefficient (Wildman–Crippen LogP) is 3.18. The second-order valence-corrected chi connectivity index (χ2v) is 7.72. The molecule has 1 aliphatic carbocycles. The molecule has 0 radical (unpaired) electrons. The molecule has 1 rings (SSSR count). The molecule has 0 bridgehead atoms. The fraction of sp³-hybridized carbons (Fsp3) is 0.867. The number of ether oxygens (including phenoxy) is 1. The molecule has 20 heavy (non-hydrogen) atoms. The summed E-state index contributed by atoms with van der Waals surface area (Å²) < 4.78 is 5.29. The molecule has 1 amide bonds. The first-order valence-electron chi connectivity index (χ1n) is 7.00. The van der Waals surface area contributed by atoms with Gasteiger partial charge in [0.1, 0.15) is 5.60 Å². The van der Waals surface area contributed by atoms with Crippen molar-refractivity contribution >= 4 is 12.1 Å². The van der Waals surface area contributed by atoms with Gasteiger partial charge in [-0.05, 0) is 47.5 Å². The van der Waals surface area contributed by atoms with E-state index >= 15 is 0 Å². The molecule has 1 fully saturated rings. The van der Waals surface area contributed by atoms with Gasteiger partial charge in [-0.25, -0.2) is 4.79 Å². The van der Waals surface area contributed by atoms with E-state index in [0.717, 1.165) is 0 Å². The number of carbonyl (C=O) groups excluding carboxylic acids is 1. The van der Waals surface area contributed by atoms with Crippen LogP contribution in [-0.2, 0) is 9.53 Å². The van der Waals surface area contributed by atoms with Crippen LogP contribution in [0.2, 0.25) is 0 Å². The van der Waals surface area contributed by atoms with Gasteiger partial charge >= 0.3 is 12.1 Å². The van der Waals surface area contributed by atoms with Gasteiger partial charge in [0.2, 0.25) is 0 Å². The van der Waals surface area contributed by atoms with Crippen molar-refractivity contribution in [1.29, 1.82) is 0 Å². The summed E-state index contributed by atoms with van der Waals surface area (Å²) in [4.78, 5) is 23.6. The van der Waals surface area contributed by atoms with Gasteiger partial charge in [-0.2, -0.15) is 0 Å². The van der Waals surface area contributed by atoms with Crippen LogP contribution >= 0.6 is 0 Å². The molecule has 0 spiro atoms. The number of alkyl carbamates (subject to hydrolysis) is 1. The van der Waals surface area contributed by atoms with E-state index in [4.69, 9.17) is 4.74 Å². The molecule has 0 aliphatic heterocycles. The van der Waals surface area contributed by atoms with Crippen LogP contribution < -0.4 is 5.32 Å². The standard InChI is InChI=1S/C15H27NO4/c1-12(2,3)20-11(19)16-15(7)9-8-14(6,10(17)18)13(15,4)5/h8-9H2,1-7H3,(H,16,19)(H,17,18)/t14-,15-/m1/s1. The molecule has 0 unspecified atom stereocenters. The smallest absolute Gasteiger partial charge is 0.408 e. The molecule has 116 valence electrons. The average Bonchev–Trinajstić information content (AvgIpc) is 2.37. The van der Waals surface area contributed by atoms with Crippen LogP contribution in [0.4, 0.5) is 4.79 Å². The van der Waals surface area contributed by atoms with Crippen LogP contribution in [0.5, 0.6) is 0 Å². The SMILES string of the molecule is CC(C)(C)OC(=O)N[C@]1(C)CC[C@](C)(C(=O)O)C1(C)C. The topological polar surface area (TPSA) is 75.6 Å². The van der Waals surface area contributed by atoms with Gasteiger partial charge < -0.3 is 15.2 Å². The third-order valence-corrected chi connectivity index (χ3v) is 5.13. The number of hydrogen-bond acceptors (Lipinski definition) is 3. The summed E-state index contributed by atoms with van der Waals surface area (Å²) in [5.41, 5.74) is -2.62. The normalized spacial score (nSPS) is 32.8. The summed E-state index contributed by atoms with van der Waals surface area (Å²) in [6.07, 6.45) is 0.645. The molecule has 0 saturated heterocycles. The highest BCUT2D eigenvalue weighted by atomic mass is 16.6. The quantitative estimate of drug-likeness (QED) is 0.817. The predicted molar refractivity (Wildman–Crippen MR) is 76.5 cm³/mol. The Morgan fingerprint density at radius 3 is 1.95 bits per heavy atom. The number of amides is 1. The molecular weight excluding hydrogens is 258 g/mol. The minimum Gasteiger partial charge on any atom is -0.481 e. The van der Waals surface area contributed by atoms with Crippen LogP contribution in [0.3, 0.4) is 0 Å². The van der Waals surface area contributed by atoms with Gasteiger partial charge in [0, 0.05) is 11.0 Å². The number of carboxylic acids is 1. The molecular formula is C15H27NO4. The highest BCUT2D eigenvalue weighted by Gasteiger charge is 2.62. The Kier molecular flexibility index (Phi) is 3.89. The van der Waals surface area contributed by atoms with Crippen LogP contribution in [0.15, 0.2) is 0 Å². The molecule has 0 aromatic heterocycles. The van der Waals surface area contributed by atoms with E-state index in [9.17, 15) is 14.7 Å². The summed E-state index contributed by atoms with van der Waals surface area (Å²) in [7, 11) is 0. The Morgan fingerprint density at radius 1 is 1.10 bits per heavy atom. The lowest BCUT2D eigenvalue weighted by molar-refractivity contribution is -0.155. The van der Waals surface area contributed by atoms with Crippen LogP contribution in [0.1, 0.15) is 61.3 Å². The first-order chi connectivity index (χ1) is 8.75. The molecule has 5 heteroatoms. The zero-order valence-corrected chi connectivity index (χ0v) is 13.6. The maximum Gasteiger partial charge on any atom is 0.408 e. The van der Waals surface area contributed by atoms with Crippen molar-refractivity contribution in [3.05, 3.63) is 0 Å². The number of nitrogens with one attached hydrogen (secondary N) is 1. The Bertz CT molecular complexity index is 424. The van der Waals surface area contributed by atoms with Gasteiger partial charge in [0.15, 0.2) is 0 Å². The van der Waals surface area contributed by atoms with Gasteiger partial charge in [0.25, 0.3) is 0 Å². The zero-order valence-electron chi connectivity index (χ0n) is 13.6. The third kappa shape index (κ3) is 2.63. The summed E-state index contributed by atoms with van der Waals surface area (Å²) in [5.74, 6) is -0.822. The maximum atomic E-state index is 12.0. The first-order valence-corrected chi connectivity index (χ1v) is 7.00. The maximum absolute atomic E-state index is 12.0. The van der Waals surface area contributed by atoms with Crippen molar-refractivity contribution in [2.24, 2.45) is 10.8 Å². The van der Waals surface area contributed by atoms with E-state index in [2.05, 4.69) is 5.32 Å².